The lowest BCUT2D eigenvalue weighted by Crippen LogP contribution is -2.25. The van der Waals surface area contributed by atoms with Crippen LogP contribution >= 0.6 is 34.8 Å². The van der Waals surface area contributed by atoms with E-state index in [0.29, 0.717) is 31.6 Å². The van der Waals surface area contributed by atoms with E-state index in [1.807, 2.05) is 0 Å². The van der Waals surface area contributed by atoms with Crippen LogP contribution < -0.4 is 5.43 Å². The number of rotatable bonds is 1. The summed E-state index contributed by atoms with van der Waals surface area (Å²) in [4.78, 5) is 27.1. The van der Waals surface area contributed by atoms with Gasteiger partial charge in [0.15, 0.2) is 5.43 Å². The highest BCUT2D eigenvalue weighted by Gasteiger charge is 2.40. The fourth-order valence-corrected chi connectivity index (χ4v) is 3.61. The van der Waals surface area contributed by atoms with Gasteiger partial charge in [0.05, 0.1) is 27.0 Å². The van der Waals surface area contributed by atoms with Crippen LogP contribution in [0, 0.1) is 0 Å². The zero-order chi connectivity index (χ0) is 17.9. The van der Waals surface area contributed by atoms with Gasteiger partial charge < -0.3 is 9.32 Å². The molecule has 0 fully saturated rings. The van der Waals surface area contributed by atoms with Gasteiger partial charge in [0.2, 0.25) is 5.76 Å². The smallest absolute Gasteiger partial charge is 0.290 e. The number of hydrogen-bond donors (Lipinski definition) is 0. The molecule has 4 rings (SSSR count). The van der Waals surface area contributed by atoms with E-state index in [-0.39, 0.29) is 22.7 Å². The predicted molar refractivity (Wildman–Crippen MR) is 97.9 cm³/mol. The van der Waals surface area contributed by atoms with Crippen molar-refractivity contribution in [3.05, 3.63) is 78.6 Å². The molecule has 25 heavy (non-hydrogen) atoms. The van der Waals surface area contributed by atoms with Gasteiger partial charge in [0.25, 0.3) is 5.91 Å². The van der Waals surface area contributed by atoms with Gasteiger partial charge in [-0.15, -0.1) is 0 Å². The Morgan fingerprint density at radius 1 is 1.00 bits per heavy atom. The summed E-state index contributed by atoms with van der Waals surface area (Å²) in [7, 11) is 1.61. The Labute approximate surface area is 157 Å². The highest BCUT2D eigenvalue weighted by Crippen LogP contribution is 2.38. The molecule has 3 aromatic rings. The number of carbonyl (C=O) groups is 1. The molecule has 0 aliphatic carbocycles. The molecule has 7 heteroatoms. The summed E-state index contributed by atoms with van der Waals surface area (Å²) >= 11 is 18.1. The molecule has 0 bridgehead atoms. The van der Waals surface area contributed by atoms with Crippen molar-refractivity contribution < 1.29 is 9.21 Å². The monoisotopic (exact) mass is 393 g/mol. The lowest BCUT2D eigenvalue weighted by molar-refractivity contribution is 0.0771. The van der Waals surface area contributed by atoms with Crippen molar-refractivity contribution in [3.63, 3.8) is 0 Å². The van der Waals surface area contributed by atoms with Crippen molar-refractivity contribution in [1.82, 2.24) is 4.90 Å². The van der Waals surface area contributed by atoms with Gasteiger partial charge in [-0.2, -0.15) is 0 Å². The predicted octanol–water partition coefficient (Wildman–Crippen LogP) is 4.93. The van der Waals surface area contributed by atoms with Gasteiger partial charge in [-0.3, -0.25) is 9.59 Å². The minimum atomic E-state index is -0.600. The molecule has 0 radical (unpaired) electrons. The van der Waals surface area contributed by atoms with E-state index in [2.05, 4.69) is 0 Å². The minimum absolute atomic E-state index is 0.0402. The summed E-state index contributed by atoms with van der Waals surface area (Å²) in [6.45, 7) is 0. The second-order valence-electron chi connectivity index (χ2n) is 5.81. The maximum absolute atomic E-state index is 13.0. The van der Waals surface area contributed by atoms with Crippen LogP contribution in [0.5, 0.6) is 0 Å². The molecule has 0 N–H and O–H groups in total. The molecule has 4 nitrogen and oxygen atoms in total. The highest BCUT2D eigenvalue weighted by atomic mass is 35.5. The summed E-state index contributed by atoms with van der Waals surface area (Å²) in [5.74, 6) is -0.321. The van der Waals surface area contributed by atoms with Crippen LogP contribution in [-0.4, -0.2) is 17.9 Å². The van der Waals surface area contributed by atoms with E-state index in [0.717, 1.165) is 0 Å². The summed E-state index contributed by atoms with van der Waals surface area (Å²) in [5, 5.41) is 1.50. The van der Waals surface area contributed by atoms with Gasteiger partial charge in [-0.1, -0.05) is 40.9 Å². The highest BCUT2D eigenvalue weighted by molar-refractivity contribution is 6.42. The quantitative estimate of drug-likeness (QED) is 0.588. The van der Waals surface area contributed by atoms with E-state index in [9.17, 15) is 9.59 Å². The molecule has 1 atom stereocenters. The summed E-state index contributed by atoms with van der Waals surface area (Å²) in [5.41, 5.74) is 0.996. The van der Waals surface area contributed by atoms with Crippen LogP contribution in [-0.2, 0) is 0 Å². The maximum Gasteiger partial charge on any atom is 0.290 e. The van der Waals surface area contributed by atoms with Crippen LogP contribution in [0.15, 0.2) is 45.6 Å². The number of benzene rings is 2. The number of carbonyl (C=O) groups excluding carboxylic acids is 1. The van der Waals surface area contributed by atoms with Gasteiger partial charge in [-0.25, -0.2) is 0 Å². The van der Waals surface area contributed by atoms with E-state index < -0.39 is 6.04 Å². The standard InChI is InChI=1S/C18H10Cl3NO3/c1-22-15(8-2-4-11(20)12(21)6-8)14-16(23)10-7-9(19)3-5-13(10)25-17(14)18(22)24/h2-7,15H,1H3. The van der Waals surface area contributed by atoms with Gasteiger partial charge in [-0.05, 0) is 35.9 Å². The van der Waals surface area contributed by atoms with Gasteiger partial charge in [0, 0.05) is 12.1 Å². The summed E-state index contributed by atoms with van der Waals surface area (Å²) < 4.78 is 5.72. The molecule has 2 aromatic carbocycles. The zero-order valence-electron chi connectivity index (χ0n) is 12.8. The number of halogens is 3. The second kappa shape index (κ2) is 5.77. The molecule has 0 saturated carbocycles. The molecule has 126 valence electrons. The summed E-state index contributed by atoms with van der Waals surface area (Å²) in [6.07, 6.45) is 0. The third-order valence-corrected chi connectivity index (χ3v) is 5.30. The Balaban J connectivity index is 2.03. The summed E-state index contributed by atoms with van der Waals surface area (Å²) in [6, 6.07) is 9.15. The first-order valence-electron chi connectivity index (χ1n) is 7.37. The Bertz CT molecular complexity index is 1110. The first kappa shape index (κ1) is 16.5. The largest absolute Gasteiger partial charge is 0.450 e. The number of fused-ring (bicyclic) bond motifs is 2. The normalized spacial score (nSPS) is 16.6. The van der Waals surface area contributed by atoms with Gasteiger partial charge >= 0.3 is 0 Å². The molecule has 0 saturated heterocycles. The van der Waals surface area contributed by atoms with Crippen molar-refractivity contribution in [2.24, 2.45) is 0 Å². The Morgan fingerprint density at radius 3 is 2.48 bits per heavy atom. The number of hydrogen-bond acceptors (Lipinski definition) is 3. The lowest BCUT2D eigenvalue weighted by Gasteiger charge is -2.20. The second-order valence-corrected chi connectivity index (χ2v) is 7.06. The number of nitrogens with zero attached hydrogens (tertiary/aromatic N) is 1. The Kier molecular flexibility index (Phi) is 3.80. The van der Waals surface area contributed by atoms with Crippen molar-refractivity contribution in [2.45, 2.75) is 6.04 Å². The van der Waals surface area contributed by atoms with Crippen molar-refractivity contribution >= 4 is 51.7 Å². The van der Waals surface area contributed by atoms with Gasteiger partial charge in [0.1, 0.15) is 5.58 Å². The van der Waals surface area contributed by atoms with E-state index in [1.54, 1.807) is 37.4 Å². The lowest BCUT2D eigenvalue weighted by atomic mass is 9.99. The average molecular weight is 395 g/mol. The molecular formula is C18H10Cl3NO3. The SMILES string of the molecule is CN1C(=O)c2oc3ccc(Cl)cc3c(=O)c2C1c1ccc(Cl)c(Cl)c1. The van der Waals surface area contributed by atoms with Crippen molar-refractivity contribution in [1.29, 1.82) is 0 Å². The topological polar surface area (TPSA) is 50.5 Å². The third kappa shape index (κ3) is 2.44. The first-order chi connectivity index (χ1) is 11.9. The van der Waals surface area contributed by atoms with Crippen molar-refractivity contribution in [3.8, 4) is 0 Å². The molecular weight excluding hydrogens is 385 g/mol. The third-order valence-electron chi connectivity index (χ3n) is 4.32. The maximum atomic E-state index is 13.0. The number of amides is 1. The van der Waals surface area contributed by atoms with Crippen molar-refractivity contribution in [2.75, 3.05) is 7.05 Å². The molecule has 1 aromatic heterocycles. The van der Waals surface area contributed by atoms with Crippen LogP contribution in [0.4, 0.5) is 0 Å². The Hall–Kier alpha value is -2.01. The fraction of sp³-hybridized carbons (Fsp3) is 0.111. The molecule has 1 amide bonds. The zero-order valence-corrected chi connectivity index (χ0v) is 15.1. The average Bonchev–Trinajstić information content (AvgIpc) is 2.83. The van der Waals surface area contributed by atoms with Crippen LogP contribution in [0.1, 0.15) is 27.7 Å². The molecule has 1 unspecified atom stereocenters. The molecule has 1 aliphatic heterocycles. The molecule has 1 aliphatic rings. The Morgan fingerprint density at radius 2 is 1.76 bits per heavy atom. The minimum Gasteiger partial charge on any atom is -0.450 e. The fourth-order valence-electron chi connectivity index (χ4n) is 3.13. The molecule has 2 heterocycles. The van der Waals surface area contributed by atoms with Crippen LogP contribution in [0.2, 0.25) is 15.1 Å². The molecule has 0 spiro atoms. The van der Waals surface area contributed by atoms with Crippen LogP contribution in [0.25, 0.3) is 11.0 Å². The van der Waals surface area contributed by atoms with E-state index in [4.69, 9.17) is 39.2 Å². The first-order valence-corrected chi connectivity index (χ1v) is 8.50. The van der Waals surface area contributed by atoms with E-state index in [1.165, 1.54) is 11.0 Å². The van der Waals surface area contributed by atoms with Crippen LogP contribution in [0.3, 0.4) is 0 Å². The van der Waals surface area contributed by atoms with E-state index >= 15 is 0 Å².